The first-order valence-electron chi connectivity index (χ1n) is 29.0. The number of nitrogens with two attached hydrogens (primary N) is 1. The van der Waals surface area contributed by atoms with Gasteiger partial charge in [0.2, 0.25) is 11.8 Å². The Morgan fingerprint density at radius 1 is 1.02 bits per heavy atom. The Kier molecular flexibility index (Phi) is 23.4. The maximum atomic E-state index is 14.5. The van der Waals surface area contributed by atoms with E-state index in [0.717, 1.165) is 30.4 Å². The minimum atomic E-state index is -1.65. The third kappa shape index (κ3) is 18.0. The lowest BCUT2D eigenvalue weighted by Gasteiger charge is -2.41. The number of esters is 2. The van der Waals surface area contributed by atoms with Gasteiger partial charge in [-0.05, 0) is 120 Å². The number of hydrogen-bond acceptors (Lipinski definition) is 15. The van der Waals surface area contributed by atoms with E-state index in [-0.39, 0.29) is 96.6 Å². The van der Waals surface area contributed by atoms with Gasteiger partial charge in [0.25, 0.3) is 0 Å². The number of rotatable bonds is 23. The number of epoxide rings is 1. The van der Waals surface area contributed by atoms with Crippen LogP contribution in [0.25, 0.3) is 0 Å². The molecule has 462 valence electrons. The topological polar surface area (TPSA) is 281 Å². The fourth-order valence-corrected chi connectivity index (χ4v) is 11.8. The van der Waals surface area contributed by atoms with E-state index < -0.39 is 95.4 Å². The fourth-order valence-electron chi connectivity index (χ4n) is 11.2. The van der Waals surface area contributed by atoms with Crippen LogP contribution in [-0.2, 0) is 65.3 Å². The molecule has 3 heterocycles. The molecule has 6 rings (SSSR count). The van der Waals surface area contributed by atoms with Gasteiger partial charge in [0.15, 0.2) is 5.78 Å². The normalized spacial score (nSPS) is 25.5. The third-order valence-electron chi connectivity index (χ3n) is 16.7. The number of benzene rings is 2. The van der Waals surface area contributed by atoms with Crippen molar-refractivity contribution in [3.63, 3.8) is 0 Å². The van der Waals surface area contributed by atoms with Gasteiger partial charge < -0.3 is 54.8 Å². The molecule has 20 nitrogen and oxygen atoms in total. The van der Waals surface area contributed by atoms with Crippen molar-refractivity contribution >= 4 is 82.0 Å². The zero-order chi connectivity index (χ0) is 61.8. The largest absolute Gasteiger partial charge is 0.495 e. The maximum absolute atomic E-state index is 14.5. The molecule has 2 aromatic carbocycles. The van der Waals surface area contributed by atoms with Crippen molar-refractivity contribution in [2.24, 2.45) is 29.4 Å². The number of unbranched alkanes of at least 4 members (excludes halogenated alkanes) is 1. The Morgan fingerprint density at radius 3 is 2.39 bits per heavy atom. The number of amides is 5. The summed E-state index contributed by atoms with van der Waals surface area (Å²) in [6.07, 6.45) is 5.17. The standard InChI is InChI=1S/C62H85Cl2N5O15/c1-35(2)42(31-41(70)19-11-12-24-60(5,6)84-57(75)40-17-14-18-40)56(74)67-45(20-15-25-66-58(65)76)47(71)29-38-22-23-44(43(63)27-38)68-59(77)82-51-32-52(72)69(8)46-28-39(30-48(79-9)54(46)64)26-36(3)16-13-21-50(80-10)62(78)33-49(81-53(73)34-62)37(4)55-61(51,7)83-55/h13,16,21-23,27-28,30,35,37,40,42,45,49-51,55,78H,11-12,14-15,17-20,24-26,29,31-34H2,1-10H3,(H,67,74)(H,68,77)(H3,65,66,76)/b21-13+,36-16+/t37-,42+,45+,49+,50-,51+,55+,61+,62-/m1/s1. The van der Waals surface area contributed by atoms with Crippen LogP contribution in [0.15, 0.2) is 54.1 Å². The lowest BCUT2D eigenvalue weighted by molar-refractivity contribution is -0.187. The monoisotopic (exact) mass is 1210 g/mol. The first kappa shape index (κ1) is 67.1. The summed E-state index contributed by atoms with van der Waals surface area (Å²) in [6, 6.07) is 6.31. The number of Topliss-reactive ketones (excluding diaryl/α,β-unsaturated/α-hetero) is 2. The molecule has 6 N–H and O–H groups in total. The zero-order valence-corrected chi connectivity index (χ0v) is 51.6. The van der Waals surface area contributed by atoms with Gasteiger partial charge in [-0.3, -0.25) is 34.1 Å². The van der Waals surface area contributed by atoms with Crippen LogP contribution in [0.3, 0.4) is 0 Å². The zero-order valence-electron chi connectivity index (χ0n) is 50.1. The number of ketones is 2. The van der Waals surface area contributed by atoms with Crippen molar-refractivity contribution in [1.29, 1.82) is 0 Å². The maximum Gasteiger partial charge on any atom is 0.412 e. The molecule has 0 radical (unpaired) electrons. The molecule has 3 fully saturated rings. The smallest absolute Gasteiger partial charge is 0.412 e. The van der Waals surface area contributed by atoms with Gasteiger partial charge in [-0.2, -0.15) is 0 Å². The molecule has 2 aromatic rings. The second-order valence-corrected chi connectivity index (χ2v) is 25.0. The fraction of sp³-hybridized carbons (Fsp3) is 0.613. The van der Waals surface area contributed by atoms with E-state index >= 15 is 0 Å². The number of carbonyl (C=O) groups excluding carboxylic acids is 8. The lowest BCUT2D eigenvalue weighted by Crippen LogP contribution is -2.53. The highest BCUT2D eigenvalue weighted by Crippen LogP contribution is 2.50. The van der Waals surface area contributed by atoms with E-state index in [1.54, 1.807) is 51.2 Å². The Morgan fingerprint density at radius 2 is 1.75 bits per heavy atom. The van der Waals surface area contributed by atoms with Gasteiger partial charge in [-0.1, -0.05) is 80.3 Å². The van der Waals surface area contributed by atoms with Crippen LogP contribution in [0, 0.1) is 23.7 Å². The number of nitrogens with zero attached hydrogens (tertiary/aromatic N) is 1. The molecule has 1 saturated carbocycles. The number of halogens is 2. The van der Waals surface area contributed by atoms with Crippen LogP contribution in [0.1, 0.15) is 143 Å². The van der Waals surface area contributed by atoms with Crippen LogP contribution < -0.4 is 31.3 Å². The first-order valence-corrected chi connectivity index (χ1v) is 29.8. The van der Waals surface area contributed by atoms with E-state index in [9.17, 15) is 43.5 Å². The van der Waals surface area contributed by atoms with Gasteiger partial charge >= 0.3 is 24.1 Å². The minimum Gasteiger partial charge on any atom is -0.495 e. The highest BCUT2D eigenvalue weighted by atomic mass is 35.5. The summed E-state index contributed by atoms with van der Waals surface area (Å²) >= 11 is 13.6. The number of methoxy groups -OCH3 is 2. The van der Waals surface area contributed by atoms with E-state index in [4.69, 9.17) is 57.4 Å². The summed E-state index contributed by atoms with van der Waals surface area (Å²) in [4.78, 5) is 108. The number of carbonyl (C=O) groups is 8. The minimum absolute atomic E-state index is 0.00655. The summed E-state index contributed by atoms with van der Waals surface area (Å²) < 4.78 is 35.4. The number of hydrogen-bond donors (Lipinski definition) is 5. The van der Waals surface area contributed by atoms with E-state index in [1.807, 2.05) is 40.7 Å². The van der Waals surface area contributed by atoms with Crippen LogP contribution in [-0.4, -0.2) is 128 Å². The van der Waals surface area contributed by atoms with Crippen LogP contribution in [0.2, 0.25) is 10.0 Å². The number of nitrogens with one attached hydrogen (secondary N) is 3. The van der Waals surface area contributed by atoms with Crippen molar-refractivity contribution in [2.45, 2.75) is 192 Å². The third-order valence-corrected chi connectivity index (χ3v) is 17.4. The molecule has 4 bridgehead atoms. The first-order chi connectivity index (χ1) is 39.6. The Balaban J connectivity index is 1.15. The van der Waals surface area contributed by atoms with Gasteiger partial charge in [0, 0.05) is 58.2 Å². The SMILES string of the molecule is COc1cc2cc(c1Cl)N(C)C(=O)C[C@H](OC(=O)Nc1ccc(CC(=O)[C@H](CCCNC(N)=O)NC(=O)[C@@H](CC(=O)CCCCC(C)(C)OC(=O)C3CCC3)C(C)C)cc1Cl)[C@]1(C)O[C@H]1[C@H](C)[C@@H]1C[C@@](O)(CC(=O)O1)[C@H](OC)/C=C/C=C(\C)C2. The van der Waals surface area contributed by atoms with Crippen LogP contribution in [0.4, 0.5) is 21.0 Å². The van der Waals surface area contributed by atoms with Crippen LogP contribution >= 0.6 is 23.2 Å². The molecule has 0 aromatic heterocycles. The van der Waals surface area contributed by atoms with E-state index in [1.165, 1.54) is 31.3 Å². The summed E-state index contributed by atoms with van der Waals surface area (Å²) in [5.41, 5.74) is 4.20. The quantitative estimate of drug-likeness (QED) is 0.0300. The van der Waals surface area contributed by atoms with Gasteiger partial charge in [-0.25, -0.2) is 9.59 Å². The number of urea groups is 1. The molecule has 2 saturated heterocycles. The highest BCUT2D eigenvalue weighted by Gasteiger charge is 2.64. The molecule has 0 unspecified atom stereocenters. The van der Waals surface area contributed by atoms with Crippen molar-refractivity contribution in [1.82, 2.24) is 10.6 Å². The van der Waals surface area contributed by atoms with Crippen molar-refractivity contribution < 1.29 is 71.9 Å². The lowest BCUT2D eigenvalue weighted by atomic mass is 9.78. The summed E-state index contributed by atoms with van der Waals surface area (Å²) in [5, 5.41) is 20.3. The molecule has 9 atom stereocenters. The number of aliphatic hydroxyl groups is 1. The molecule has 5 amide bonds. The summed E-state index contributed by atoms with van der Waals surface area (Å²) in [5.74, 6) is -3.53. The predicted octanol–water partition coefficient (Wildman–Crippen LogP) is 9.23. The molecular formula is C62H85Cl2N5O15. The van der Waals surface area contributed by atoms with Gasteiger partial charge in [0.1, 0.15) is 51.7 Å². The number of primary amides is 1. The number of allylic oxidation sites excluding steroid dienone is 3. The average Bonchev–Trinajstić information content (AvgIpc) is 1.75. The number of fused-ring (bicyclic) bond motifs is 5. The molecular weight excluding hydrogens is 1130 g/mol. The predicted molar refractivity (Wildman–Crippen MR) is 317 cm³/mol. The number of anilines is 2. The summed E-state index contributed by atoms with van der Waals surface area (Å²) in [6.45, 7) is 12.9. The average molecular weight is 1210 g/mol. The van der Waals surface area contributed by atoms with Gasteiger partial charge in [-0.15, -0.1) is 0 Å². The molecule has 1 aliphatic carbocycles. The van der Waals surface area contributed by atoms with E-state index in [2.05, 4.69) is 16.0 Å². The van der Waals surface area contributed by atoms with E-state index in [0.29, 0.717) is 42.7 Å². The highest BCUT2D eigenvalue weighted by molar-refractivity contribution is 6.35. The molecule has 22 heteroatoms. The molecule has 0 spiro atoms. The van der Waals surface area contributed by atoms with Crippen LogP contribution in [0.5, 0.6) is 5.75 Å². The van der Waals surface area contributed by atoms with Crippen molar-refractivity contribution in [2.75, 3.05) is 38.0 Å². The second-order valence-electron chi connectivity index (χ2n) is 24.2. The van der Waals surface area contributed by atoms with Crippen molar-refractivity contribution in [3.05, 3.63) is 75.3 Å². The Labute approximate surface area is 502 Å². The van der Waals surface area contributed by atoms with Crippen molar-refractivity contribution in [3.8, 4) is 5.75 Å². The number of ether oxygens (including phenoxy) is 6. The molecule has 84 heavy (non-hydrogen) atoms. The molecule has 4 aliphatic rings. The Bertz CT molecular complexity index is 2820. The molecule has 3 aliphatic heterocycles. The second kappa shape index (κ2) is 29.4. The Hall–Kier alpha value is -6.06. The van der Waals surface area contributed by atoms with Gasteiger partial charge in [0.05, 0.1) is 54.4 Å². The summed E-state index contributed by atoms with van der Waals surface area (Å²) in [7, 11) is 4.46.